The predicted octanol–water partition coefficient (Wildman–Crippen LogP) is 0.571. The number of likely N-dealkylation sites (N-methyl/N-ethyl adjacent to an activating group) is 1. The van der Waals surface area contributed by atoms with Crippen molar-refractivity contribution in [2.24, 2.45) is 0 Å². The Morgan fingerprint density at radius 3 is 2.94 bits per heavy atom. The fourth-order valence-corrected chi connectivity index (χ4v) is 1.62. The SMILES string of the molecule is CCn1cc(CN(C)CCNCCOC)cn1. The third-order valence-corrected chi connectivity index (χ3v) is 2.62. The van der Waals surface area contributed by atoms with Crippen molar-refractivity contribution in [1.82, 2.24) is 20.0 Å². The van der Waals surface area contributed by atoms with E-state index in [2.05, 4.69) is 35.5 Å². The van der Waals surface area contributed by atoms with Gasteiger partial charge in [-0.25, -0.2) is 0 Å². The van der Waals surface area contributed by atoms with Crippen LogP contribution in [0, 0.1) is 0 Å². The largest absolute Gasteiger partial charge is 0.383 e. The molecule has 0 spiro atoms. The lowest BCUT2D eigenvalue weighted by Gasteiger charge is -2.15. The fraction of sp³-hybridized carbons (Fsp3) is 0.750. The molecular weight excluding hydrogens is 216 g/mol. The average Bonchev–Trinajstić information content (AvgIpc) is 2.76. The molecule has 1 aromatic heterocycles. The highest BCUT2D eigenvalue weighted by Crippen LogP contribution is 2.01. The molecule has 0 amide bonds. The molecule has 1 heterocycles. The molecule has 1 N–H and O–H groups in total. The van der Waals surface area contributed by atoms with Gasteiger partial charge in [0, 0.05) is 51.6 Å². The molecule has 17 heavy (non-hydrogen) atoms. The quantitative estimate of drug-likeness (QED) is 0.641. The number of ether oxygens (including phenoxy) is 1. The van der Waals surface area contributed by atoms with E-state index in [9.17, 15) is 0 Å². The zero-order chi connectivity index (χ0) is 12.5. The first kappa shape index (κ1) is 14.2. The number of hydrogen-bond acceptors (Lipinski definition) is 4. The summed E-state index contributed by atoms with van der Waals surface area (Å²) in [4.78, 5) is 2.29. The molecule has 98 valence electrons. The van der Waals surface area contributed by atoms with Crippen molar-refractivity contribution in [3.05, 3.63) is 18.0 Å². The summed E-state index contributed by atoms with van der Waals surface area (Å²) in [7, 11) is 3.85. The lowest BCUT2D eigenvalue weighted by molar-refractivity contribution is 0.197. The van der Waals surface area contributed by atoms with Crippen molar-refractivity contribution in [2.75, 3.05) is 40.4 Å². The number of hydrogen-bond donors (Lipinski definition) is 1. The zero-order valence-electron chi connectivity index (χ0n) is 11.1. The van der Waals surface area contributed by atoms with E-state index in [1.54, 1.807) is 7.11 Å². The van der Waals surface area contributed by atoms with Crippen molar-refractivity contribution in [1.29, 1.82) is 0 Å². The van der Waals surface area contributed by atoms with Crippen molar-refractivity contribution in [3.8, 4) is 0 Å². The van der Waals surface area contributed by atoms with Crippen LogP contribution in [0.2, 0.25) is 0 Å². The Morgan fingerprint density at radius 2 is 2.29 bits per heavy atom. The van der Waals surface area contributed by atoms with E-state index in [0.717, 1.165) is 39.3 Å². The minimum atomic E-state index is 0.771. The van der Waals surface area contributed by atoms with Gasteiger partial charge in [-0.2, -0.15) is 5.10 Å². The van der Waals surface area contributed by atoms with E-state index in [1.807, 2.05) is 10.9 Å². The fourth-order valence-electron chi connectivity index (χ4n) is 1.62. The first-order chi connectivity index (χ1) is 8.26. The third-order valence-electron chi connectivity index (χ3n) is 2.62. The topological polar surface area (TPSA) is 42.3 Å². The van der Waals surface area contributed by atoms with Crippen LogP contribution in [0.3, 0.4) is 0 Å². The van der Waals surface area contributed by atoms with E-state index in [-0.39, 0.29) is 0 Å². The summed E-state index contributed by atoms with van der Waals surface area (Å²) in [5, 5.41) is 7.60. The van der Waals surface area contributed by atoms with Crippen LogP contribution in [0.1, 0.15) is 12.5 Å². The standard InChI is InChI=1S/C12H24N4O/c1-4-16-11-12(9-14-16)10-15(2)7-5-13-6-8-17-3/h9,11,13H,4-8,10H2,1-3H3. The molecule has 5 nitrogen and oxygen atoms in total. The molecule has 0 atom stereocenters. The smallest absolute Gasteiger partial charge is 0.0587 e. The van der Waals surface area contributed by atoms with Gasteiger partial charge in [-0.1, -0.05) is 0 Å². The number of aryl methyl sites for hydroxylation is 1. The molecule has 0 saturated heterocycles. The first-order valence-electron chi connectivity index (χ1n) is 6.15. The van der Waals surface area contributed by atoms with Gasteiger partial charge >= 0.3 is 0 Å². The van der Waals surface area contributed by atoms with Gasteiger partial charge in [0.1, 0.15) is 0 Å². The van der Waals surface area contributed by atoms with Gasteiger partial charge in [0.05, 0.1) is 12.8 Å². The van der Waals surface area contributed by atoms with Crippen molar-refractivity contribution < 1.29 is 4.74 Å². The highest BCUT2D eigenvalue weighted by Gasteiger charge is 2.02. The van der Waals surface area contributed by atoms with Crippen LogP contribution in [0.5, 0.6) is 0 Å². The predicted molar refractivity (Wildman–Crippen MR) is 69.0 cm³/mol. The summed E-state index contributed by atoms with van der Waals surface area (Å²) in [5.41, 5.74) is 1.27. The van der Waals surface area contributed by atoms with Crippen molar-refractivity contribution in [3.63, 3.8) is 0 Å². The van der Waals surface area contributed by atoms with Crippen LogP contribution in [0.25, 0.3) is 0 Å². The first-order valence-corrected chi connectivity index (χ1v) is 6.15. The molecule has 0 unspecified atom stereocenters. The van der Waals surface area contributed by atoms with E-state index < -0.39 is 0 Å². The molecule has 0 fully saturated rings. The minimum absolute atomic E-state index is 0.771. The summed E-state index contributed by atoms with van der Waals surface area (Å²) in [6.45, 7) is 7.68. The Morgan fingerprint density at radius 1 is 1.47 bits per heavy atom. The van der Waals surface area contributed by atoms with Crippen LogP contribution in [0.4, 0.5) is 0 Å². The Labute approximate surface area is 104 Å². The lowest BCUT2D eigenvalue weighted by atomic mass is 10.3. The summed E-state index contributed by atoms with van der Waals surface area (Å²) >= 11 is 0. The second kappa shape index (κ2) is 8.22. The zero-order valence-corrected chi connectivity index (χ0v) is 11.1. The highest BCUT2D eigenvalue weighted by molar-refractivity contribution is 5.03. The van der Waals surface area contributed by atoms with Gasteiger partial charge in [0.25, 0.3) is 0 Å². The summed E-state index contributed by atoms with van der Waals surface area (Å²) in [6.07, 6.45) is 4.05. The van der Waals surface area contributed by atoms with E-state index in [0.29, 0.717) is 0 Å². The maximum absolute atomic E-state index is 4.97. The molecule has 0 radical (unpaired) electrons. The molecule has 0 aromatic carbocycles. The van der Waals surface area contributed by atoms with Crippen LogP contribution < -0.4 is 5.32 Å². The third kappa shape index (κ3) is 5.81. The number of nitrogens with zero attached hydrogens (tertiary/aromatic N) is 3. The Kier molecular flexibility index (Phi) is 6.84. The van der Waals surface area contributed by atoms with Gasteiger partial charge in [-0.15, -0.1) is 0 Å². The summed E-state index contributed by atoms with van der Waals surface area (Å²) in [6, 6.07) is 0. The lowest BCUT2D eigenvalue weighted by Crippen LogP contribution is -2.30. The maximum atomic E-state index is 4.97. The number of nitrogens with one attached hydrogen (secondary N) is 1. The Bertz CT molecular complexity index is 300. The van der Waals surface area contributed by atoms with Gasteiger partial charge in [0.2, 0.25) is 0 Å². The maximum Gasteiger partial charge on any atom is 0.0587 e. The minimum Gasteiger partial charge on any atom is -0.383 e. The number of methoxy groups -OCH3 is 1. The Hall–Kier alpha value is -0.910. The Balaban J connectivity index is 2.13. The van der Waals surface area contributed by atoms with Gasteiger partial charge in [-0.05, 0) is 14.0 Å². The van der Waals surface area contributed by atoms with E-state index in [1.165, 1.54) is 5.56 Å². The van der Waals surface area contributed by atoms with E-state index in [4.69, 9.17) is 4.74 Å². The number of aromatic nitrogens is 2. The monoisotopic (exact) mass is 240 g/mol. The summed E-state index contributed by atoms with van der Waals surface area (Å²) in [5.74, 6) is 0. The molecule has 0 aliphatic carbocycles. The second-order valence-electron chi connectivity index (χ2n) is 4.18. The molecule has 0 aliphatic heterocycles. The molecule has 5 heteroatoms. The summed E-state index contributed by atoms with van der Waals surface area (Å²) < 4.78 is 6.93. The number of rotatable bonds is 9. The van der Waals surface area contributed by atoms with E-state index >= 15 is 0 Å². The van der Waals surface area contributed by atoms with Crippen LogP contribution in [0.15, 0.2) is 12.4 Å². The van der Waals surface area contributed by atoms with Crippen LogP contribution >= 0.6 is 0 Å². The molecule has 1 rings (SSSR count). The molecule has 0 aliphatic rings. The normalized spacial score (nSPS) is 11.3. The van der Waals surface area contributed by atoms with Crippen molar-refractivity contribution in [2.45, 2.75) is 20.0 Å². The molecule has 1 aromatic rings. The molecule has 0 bridgehead atoms. The van der Waals surface area contributed by atoms with Gasteiger partial charge < -0.3 is 15.0 Å². The average molecular weight is 240 g/mol. The highest BCUT2D eigenvalue weighted by atomic mass is 16.5. The molecular formula is C12H24N4O. The van der Waals surface area contributed by atoms with Crippen molar-refractivity contribution >= 4 is 0 Å². The van der Waals surface area contributed by atoms with Crippen LogP contribution in [-0.4, -0.2) is 55.1 Å². The van der Waals surface area contributed by atoms with Gasteiger partial charge in [0.15, 0.2) is 0 Å². The molecule has 0 saturated carbocycles. The second-order valence-corrected chi connectivity index (χ2v) is 4.18. The van der Waals surface area contributed by atoms with Crippen LogP contribution in [-0.2, 0) is 17.8 Å². The van der Waals surface area contributed by atoms with Gasteiger partial charge in [-0.3, -0.25) is 4.68 Å².